The second-order valence-corrected chi connectivity index (χ2v) is 8.91. The Bertz CT molecular complexity index is 1010. The number of nitrogens with zero attached hydrogens (tertiary/aromatic N) is 2. The van der Waals surface area contributed by atoms with Gasteiger partial charge in [-0.05, 0) is 48.5 Å². The van der Waals surface area contributed by atoms with Gasteiger partial charge in [-0.3, -0.25) is 14.1 Å². The fourth-order valence-corrected chi connectivity index (χ4v) is 5.09. The smallest absolute Gasteiger partial charge is 0.273 e. The summed E-state index contributed by atoms with van der Waals surface area (Å²) in [5.74, 6) is 0.0281. The Morgan fingerprint density at radius 3 is 2.42 bits per heavy atom. The van der Waals surface area contributed by atoms with Crippen LogP contribution in [0.15, 0.2) is 65.0 Å². The summed E-state index contributed by atoms with van der Waals surface area (Å²) in [7, 11) is -2.17. The van der Waals surface area contributed by atoms with Gasteiger partial charge >= 0.3 is 0 Å². The molecule has 0 unspecified atom stereocenters. The topological polar surface area (TPSA) is 67.3 Å². The maximum absolute atomic E-state index is 12.9. The van der Waals surface area contributed by atoms with Crippen molar-refractivity contribution in [3.8, 4) is 10.6 Å². The van der Waals surface area contributed by atoms with Gasteiger partial charge in [-0.1, -0.05) is 13.0 Å². The minimum Gasteiger partial charge on any atom is -0.294 e. The van der Waals surface area contributed by atoms with E-state index in [1.54, 1.807) is 49.5 Å². The Kier molecular flexibility index (Phi) is 5.20. The summed E-state index contributed by atoms with van der Waals surface area (Å²) in [5, 5.41) is 0. The minimum atomic E-state index is -3.68. The molecule has 134 valence electrons. The third-order valence-corrected chi connectivity index (χ3v) is 7.35. The first-order valence-electron chi connectivity index (χ1n) is 8.07. The summed E-state index contributed by atoms with van der Waals surface area (Å²) in [6.07, 6.45) is 2.09. The molecule has 0 aliphatic carbocycles. The van der Waals surface area contributed by atoms with Crippen molar-refractivity contribution in [3.05, 3.63) is 66.4 Å². The largest absolute Gasteiger partial charge is 0.294 e. The number of hydrogen-bond acceptors (Lipinski definition) is 5. The number of benzene rings is 1. The summed E-state index contributed by atoms with van der Waals surface area (Å²) in [6, 6.07) is 15.5. The number of sulfonamides is 1. The summed E-state index contributed by atoms with van der Waals surface area (Å²) >= 11 is 1.18. The maximum Gasteiger partial charge on any atom is 0.273 e. The van der Waals surface area contributed by atoms with Crippen LogP contribution in [0.3, 0.4) is 0 Å². The molecule has 0 N–H and O–H groups in total. The van der Waals surface area contributed by atoms with E-state index in [1.807, 2.05) is 18.2 Å². The van der Waals surface area contributed by atoms with Gasteiger partial charge in [0.1, 0.15) is 4.21 Å². The molecule has 0 aliphatic rings. The van der Waals surface area contributed by atoms with Gasteiger partial charge < -0.3 is 0 Å². The number of thiophene rings is 1. The number of ketones is 1. The number of aromatic nitrogens is 1. The van der Waals surface area contributed by atoms with Crippen molar-refractivity contribution < 1.29 is 13.2 Å². The van der Waals surface area contributed by atoms with Gasteiger partial charge in [0.2, 0.25) is 0 Å². The average Bonchev–Trinajstić information content (AvgIpc) is 3.18. The van der Waals surface area contributed by atoms with Crippen LogP contribution in [0, 0.1) is 0 Å². The predicted octanol–water partition coefficient (Wildman–Crippen LogP) is 4.23. The normalized spacial score (nSPS) is 11.3. The molecule has 0 bridgehead atoms. The average molecular weight is 386 g/mol. The summed E-state index contributed by atoms with van der Waals surface area (Å²) < 4.78 is 27.3. The first kappa shape index (κ1) is 18.3. The van der Waals surface area contributed by atoms with Gasteiger partial charge in [0.25, 0.3) is 10.0 Å². The highest BCUT2D eigenvalue weighted by atomic mass is 32.2. The fraction of sp³-hybridized carbons (Fsp3) is 0.158. The second kappa shape index (κ2) is 7.39. The first-order valence-corrected chi connectivity index (χ1v) is 10.3. The van der Waals surface area contributed by atoms with Crippen molar-refractivity contribution >= 4 is 32.8 Å². The molecule has 3 aromatic rings. The molecule has 0 amide bonds. The Morgan fingerprint density at radius 2 is 1.81 bits per heavy atom. The number of hydrogen-bond donors (Lipinski definition) is 0. The van der Waals surface area contributed by atoms with Gasteiger partial charge in [-0.2, -0.15) is 0 Å². The SMILES string of the molecule is CCC(=O)c1ccc(N(C)S(=O)(=O)c2ccc(-c3ccccn3)s2)cc1. The van der Waals surface area contributed by atoms with E-state index in [0.717, 1.165) is 10.6 Å². The number of Topliss-reactive ketones (excluding diaryl/α,β-unsaturated/α-hetero) is 1. The van der Waals surface area contributed by atoms with Gasteiger partial charge in [0, 0.05) is 25.2 Å². The molecule has 2 aromatic heterocycles. The van der Waals surface area contributed by atoms with Crippen LogP contribution in [0.2, 0.25) is 0 Å². The first-order chi connectivity index (χ1) is 12.4. The minimum absolute atomic E-state index is 0.0281. The monoisotopic (exact) mass is 386 g/mol. The van der Waals surface area contributed by atoms with E-state index in [2.05, 4.69) is 4.98 Å². The van der Waals surface area contributed by atoms with Crippen molar-refractivity contribution in [1.29, 1.82) is 0 Å². The molecule has 0 fully saturated rings. The molecular formula is C19H18N2O3S2. The highest BCUT2D eigenvalue weighted by Gasteiger charge is 2.24. The van der Waals surface area contributed by atoms with Gasteiger partial charge in [-0.15, -0.1) is 11.3 Å². The Hall–Kier alpha value is -2.51. The van der Waals surface area contributed by atoms with E-state index < -0.39 is 10.0 Å². The Balaban J connectivity index is 1.88. The Morgan fingerprint density at radius 1 is 1.08 bits per heavy atom. The molecular weight excluding hydrogens is 368 g/mol. The van der Waals surface area contributed by atoms with Crippen LogP contribution in [0.5, 0.6) is 0 Å². The molecule has 0 saturated carbocycles. The van der Waals surface area contributed by atoms with E-state index in [-0.39, 0.29) is 9.99 Å². The molecule has 26 heavy (non-hydrogen) atoms. The van der Waals surface area contributed by atoms with Crippen molar-refractivity contribution in [2.24, 2.45) is 0 Å². The molecule has 1 aromatic carbocycles. The summed E-state index contributed by atoms with van der Waals surface area (Å²) in [5.41, 5.74) is 1.82. The molecule has 7 heteroatoms. The molecule has 0 atom stereocenters. The number of anilines is 1. The third kappa shape index (κ3) is 3.54. The predicted molar refractivity (Wildman–Crippen MR) is 104 cm³/mol. The van der Waals surface area contributed by atoms with Crippen LogP contribution in [-0.4, -0.2) is 26.2 Å². The molecule has 0 radical (unpaired) electrons. The lowest BCUT2D eigenvalue weighted by Gasteiger charge is -2.18. The van der Waals surface area contributed by atoms with Crippen LogP contribution < -0.4 is 4.31 Å². The molecule has 5 nitrogen and oxygen atoms in total. The van der Waals surface area contributed by atoms with Crippen LogP contribution in [0.1, 0.15) is 23.7 Å². The molecule has 0 saturated heterocycles. The fourth-order valence-electron chi connectivity index (χ4n) is 2.44. The van der Waals surface area contributed by atoms with Crippen LogP contribution >= 0.6 is 11.3 Å². The van der Waals surface area contributed by atoms with Gasteiger partial charge in [-0.25, -0.2) is 8.42 Å². The zero-order chi connectivity index (χ0) is 18.7. The molecule has 0 spiro atoms. The zero-order valence-corrected chi connectivity index (χ0v) is 16.0. The van der Waals surface area contributed by atoms with Crippen LogP contribution in [0.25, 0.3) is 10.6 Å². The lowest BCUT2D eigenvalue weighted by molar-refractivity contribution is 0.0988. The number of rotatable bonds is 6. The Labute approximate surface area is 157 Å². The number of carbonyl (C=O) groups is 1. The third-order valence-electron chi connectivity index (χ3n) is 3.99. The quantitative estimate of drug-likeness (QED) is 0.595. The lowest BCUT2D eigenvalue weighted by atomic mass is 10.1. The van der Waals surface area contributed by atoms with E-state index in [9.17, 15) is 13.2 Å². The van der Waals surface area contributed by atoms with Crippen molar-refractivity contribution in [2.75, 3.05) is 11.4 Å². The molecule has 0 aliphatic heterocycles. The van der Waals surface area contributed by atoms with Crippen molar-refractivity contribution in [3.63, 3.8) is 0 Å². The maximum atomic E-state index is 12.9. The standard InChI is InChI=1S/C19H18N2O3S2/c1-3-17(22)14-7-9-15(10-8-14)21(2)26(23,24)19-12-11-18(25-19)16-6-4-5-13-20-16/h4-13H,3H2,1-2H3. The van der Waals surface area contributed by atoms with Gasteiger partial charge in [0.15, 0.2) is 5.78 Å². The lowest BCUT2D eigenvalue weighted by Crippen LogP contribution is -2.25. The molecule has 3 rings (SSSR count). The number of carbonyl (C=O) groups excluding carboxylic acids is 1. The van der Waals surface area contributed by atoms with E-state index in [0.29, 0.717) is 17.7 Å². The highest BCUT2D eigenvalue weighted by molar-refractivity contribution is 7.94. The van der Waals surface area contributed by atoms with Crippen LogP contribution in [0.4, 0.5) is 5.69 Å². The van der Waals surface area contributed by atoms with E-state index >= 15 is 0 Å². The van der Waals surface area contributed by atoms with Crippen LogP contribution in [-0.2, 0) is 10.0 Å². The number of pyridine rings is 1. The zero-order valence-electron chi connectivity index (χ0n) is 14.4. The van der Waals surface area contributed by atoms with Gasteiger partial charge in [0.05, 0.1) is 16.3 Å². The molecule has 2 heterocycles. The van der Waals surface area contributed by atoms with E-state index in [1.165, 1.54) is 22.7 Å². The van der Waals surface area contributed by atoms with Crippen molar-refractivity contribution in [1.82, 2.24) is 4.98 Å². The summed E-state index contributed by atoms with van der Waals surface area (Å²) in [4.78, 5) is 16.8. The van der Waals surface area contributed by atoms with E-state index in [4.69, 9.17) is 0 Å². The second-order valence-electron chi connectivity index (χ2n) is 5.63. The summed E-state index contributed by atoms with van der Waals surface area (Å²) in [6.45, 7) is 1.79. The highest BCUT2D eigenvalue weighted by Crippen LogP contribution is 2.32. The van der Waals surface area contributed by atoms with Crippen molar-refractivity contribution in [2.45, 2.75) is 17.6 Å².